The third-order valence-electron chi connectivity index (χ3n) is 2.70. The molecule has 1 nitrogen and oxygen atoms in total. The van der Waals surface area contributed by atoms with Gasteiger partial charge in [0.25, 0.3) is 0 Å². The predicted octanol–water partition coefficient (Wildman–Crippen LogP) is 5.55. The van der Waals surface area contributed by atoms with Crippen LogP contribution in [0.15, 0.2) is 48.6 Å². The Morgan fingerprint density at radius 1 is 0.737 bits per heavy atom. The maximum Gasteiger partial charge on any atom is 0.132 e. The Kier molecular flexibility index (Phi) is 13.6. The van der Waals surface area contributed by atoms with Crippen molar-refractivity contribution >= 4 is 5.78 Å². The minimum Gasteiger partial charge on any atom is -0.300 e. The Balaban J connectivity index is 3.45. The molecular weight excluding hydrogens is 232 g/mol. The average Bonchev–Trinajstić information content (AvgIpc) is 2.43. The predicted molar refractivity (Wildman–Crippen MR) is 85.2 cm³/mol. The number of carbonyl (C=O) groups is 1. The molecule has 0 atom stereocenters. The van der Waals surface area contributed by atoms with E-state index in [1.54, 1.807) is 0 Å². The highest BCUT2D eigenvalue weighted by Gasteiger charge is 1.93. The molecule has 0 aromatic rings. The van der Waals surface area contributed by atoms with Gasteiger partial charge in [0.05, 0.1) is 0 Å². The van der Waals surface area contributed by atoms with E-state index in [9.17, 15) is 4.79 Å². The molecule has 0 fully saturated rings. The summed E-state index contributed by atoms with van der Waals surface area (Å²) in [5, 5.41) is 0. The molecule has 0 aliphatic rings. The van der Waals surface area contributed by atoms with E-state index in [2.05, 4.69) is 55.5 Å². The van der Waals surface area contributed by atoms with E-state index in [4.69, 9.17) is 0 Å². The summed E-state index contributed by atoms with van der Waals surface area (Å²) in [7, 11) is 0. The fourth-order valence-electron chi connectivity index (χ4n) is 1.52. The van der Waals surface area contributed by atoms with E-state index >= 15 is 0 Å². The highest BCUT2D eigenvalue weighted by Crippen LogP contribution is 1.98. The van der Waals surface area contributed by atoms with Gasteiger partial charge in [0.2, 0.25) is 0 Å². The molecule has 0 radical (unpaired) electrons. The standard InChI is InChI=1S/C18H28O/c1-3-5-6-7-8-9-10-11-12-13-14-15-16-17-18(19)4-2/h5-6,8-9,11-12,14-15H,3-4,7,10,13,16-17H2,1-2H3. The molecule has 0 amide bonds. The minimum atomic E-state index is 0.349. The van der Waals surface area contributed by atoms with Crippen LogP contribution in [0.25, 0.3) is 0 Å². The van der Waals surface area contributed by atoms with E-state index in [0.29, 0.717) is 18.6 Å². The zero-order chi connectivity index (χ0) is 14.2. The van der Waals surface area contributed by atoms with Gasteiger partial charge in [-0.3, -0.25) is 4.79 Å². The molecule has 0 spiro atoms. The van der Waals surface area contributed by atoms with Gasteiger partial charge < -0.3 is 0 Å². The van der Waals surface area contributed by atoms with Gasteiger partial charge in [-0.15, -0.1) is 0 Å². The van der Waals surface area contributed by atoms with Gasteiger partial charge in [-0.25, -0.2) is 0 Å². The second-order valence-electron chi connectivity index (χ2n) is 4.43. The largest absolute Gasteiger partial charge is 0.300 e. The van der Waals surface area contributed by atoms with Crippen molar-refractivity contribution in [3.8, 4) is 0 Å². The van der Waals surface area contributed by atoms with E-state index in [0.717, 1.165) is 32.1 Å². The number of Topliss-reactive ketones (excluding diaryl/α,β-unsaturated/α-hetero) is 1. The first-order valence-corrected chi connectivity index (χ1v) is 7.42. The van der Waals surface area contributed by atoms with Crippen LogP contribution in [0.1, 0.15) is 58.8 Å². The van der Waals surface area contributed by atoms with Crippen LogP contribution in [0.3, 0.4) is 0 Å². The number of ketones is 1. The first-order valence-electron chi connectivity index (χ1n) is 7.42. The average molecular weight is 260 g/mol. The van der Waals surface area contributed by atoms with Gasteiger partial charge in [0.15, 0.2) is 0 Å². The Morgan fingerprint density at radius 2 is 1.21 bits per heavy atom. The van der Waals surface area contributed by atoms with Crippen molar-refractivity contribution in [1.82, 2.24) is 0 Å². The lowest BCUT2D eigenvalue weighted by molar-refractivity contribution is -0.118. The second kappa shape index (κ2) is 14.7. The van der Waals surface area contributed by atoms with Crippen LogP contribution in [-0.4, -0.2) is 5.78 Å². The minimum absolute atomic E-state index is 0.349. The van der Waals surface area contributed by atoms with Crippen LogP contribution >= 0.6 is 0 Å². The monoisotopic (exact) mass is 260 g/mol. The number of hydrogen-bond acceptors (Lipinski definition) is 1. The quantitative estimate of drug-likeness (QED) is 0.445. The van der Waals surface area contributed by atoms with Crippen LogP contribution in [0.5, 0.6) is 0 Å². The molecule has 0 aromatic carbocycles. The smallest absolute Gasteiger partial charge is 0.132 e. The highest BCUT2D eigenvalue weighted by molar-refractivity contribution is 5.78. The molecule has 19 heavy (non-hydrogen) atoms. The van der Waals surface area contributed by atoms with Gasteiger partial charge in [0, 0.05) is 12.8 Å². The maximum atomic E-state index is 11.1. The normalized spacial score (nSPS) is 12.5. The van der Waals surface area contributed by atoms with Gasteiger partial charge >= 0.3 is 0 Å². The third kappa shape index (κ3) is 14.6. The SMILES string of the molecule is CCC=CCC=CCC=CCC=CCCC(=O)CC. The molecule has 0 saturated heterocycles. The Labute approximate surface area is 118 Å². The summed E-state index contributed by atoms with van der Waals surface area (Å²) in [6, 6.07) is 0. The Morgan fingerprint density at radius 3 is 1.68 bits per heavy atom. The summed E-state index contributed by atoms with van der Waals surface area (Å²) >= 11 is 0. The second-order valence-corrected chi connectivity index (χ2v) is 4.43. The first-order chi connectivity index (χ1) is 9.31. The lowest BCUT2D eigenvalue weighted by Crippen LogP contribution is -1.92. The molecule has 0 saturated carbocycles. The molecule has 0 bridgehead atoms. The van der Waals surface area contributed by atoms with Crippen molar-refractivity contribution in [3.05, 3.63) is 48.6 Å². The van der Waals surface area contributed by atoms with E-state index in [1.165, 1.54) is 0 Å². The number of carbonyl (C=O) groups excluding carboxylic acids is 1. The first kappa shape index (κ1) is 17.6. The Bertz CT molecular complexity index is 319. The van der Waals surface area contributed by atoms with Crippen LogP contribution < -0.4 is 0 Å². The molecule has 0 aromatic heterocycles. The maximum absolute atomic E-state index is 11.1. The van der Waals surface area contributed by atoms with Crippen molar-refractivity contribution in [2.45, 2.75) is 58.8 Å². The summed E-state index contributed by atoms with van der Waals surface area (Å²) in [4.78, 5) is 11.1. The Hall–Kier alpha value is -1.37. The summed E-state index contributed by atoms with van der Waals surface area (Å²) in [6.45, 7) is 4.06. The molecular formula is C18H28O. The van der Waals surface area contributed by atoms with Gasteiger partial charge in [-0.2, -0.15) is 0 Å². The summed E-state index contributed by atoms with van der Waals surface area (Å²) in [5.74, 6) is 0.349. The number of rotatable bonds is 11. The molecule has 0 aliphatic carbocycles. The van der Waals surface area contributed by atoms with E-state index < -0.39 is 0 Å². The fraction of sp³-hybridized carbons (Fsp3) is 0.500. The van der Waals surface area contributed by atoms with E-state index in [1.807, 2.05) is 6.92 Å². The van der Waals surface area contributed by atoms with Crippen molar-refractivity contribution in [3.63, 3.8) is 0 Å². The summed E-state index contributed by atoms with van der Waals surface area (Å²) in [6.07, 6.45) is 23.7. The van der Waals surface area contributed by atoms with Gasteiger partial charge in [-0.05, 0) is 32.1 Å². The van der Waals surface area contributed by atoms with Gasteiger partial charge in [0.1, 0.15) is 5.78 Å². The van der Waals surface area contributed by atoms with Crippen LogP contribution in [0.4, 0.5) is 0 Å². The fourth-order valence-corrected chi connectivity index (χ4v) is 1.52. The molecule has 106 valence electrons. The number of allylic oxidation sites excluding steroid dienone is 8. The summed E-state index contributed by atoms with van der Waals surface area (Å²) < 4.78 is 0. The third-order valence-corrected chi connectivity index (χ3v) is 2.70. The molecule has 0 aliphatic heterocycles. The summed E-state index contributed by atoms with van der Waals surface area (Å²) in [5.41, 5.74) is 0. The van der Waals surface area contributed by atoms with E-state index in [-0.39, 0.29) is 0 Å². The van der Waals surface area contributed by atoms with Crippen molar-refractivity contribution < 1.29 is 4.79 Å². The zero-order valence-electron chi connectivity index (χ0n) is 12.5. The lowest BCUT2D eigenvalue weighted by atomic mass is 10.1. The van der Waals surface area contributed by atoms with Gasteiger partial charge in [-0.1, -0.05) is 62.5 Å². The highest BCUT2D eigenvalue weighted by atomic mass is 16.1. The number of hydrogen-bond donors (Lipinski definition) is 0. The zero-order valence-corrected chi connectivity index (χ0v) is 12.5. The molecule has 0 heterocycles. The van der Waals surface area contributed by atoms with Crippen molar-refractivity contribution in [2.75, 3.05) is 0 Å². The molecule has 1 heteroatoms. The molecule has 0 unspecified atom stereocenters. The molecule has 0 N–H and O–H groups in total. The lowest BCUT2D eigenvalue weighted by Gasteiger charge is -1.91. The van der Waals surface area contributed by atoms with Crippen LogP contribution in [0.2, 0.25) is 0 Å². The topological polar surface area (TPSA) is 17.1 Å². The van der Waals surface area contributed by atoms with Crippen molar-refractivity contribution in [2.24, 2.45) is 0 Å². The van der Waals surface area contributed by atoms with Crippen LogP contribution in [-0.2, 0) is 4.79 Å². The molecule has 0 rings (SSSR count). The van der Waals surface area contributed by atoms with Crippen LogP contribution in [0, 0.1) is 0 Å². The van der Waals surface area contributed by atoms with Crippen molar-refractivity contribution in [1.29, 1.82) is 0 Å².